The zero-order valence-corrected chi connectivity index (χ0v) is 10.7. The Kier molecular flexibility index (Phi) is 2.31. The Morgan fingerprint density at radius 2 is 2.06 bits per heavy atom. The first-order chi connectivity index (χ1) is 7.63. The highest BCUT2D eigenvalue weighted by molar-refractivity contribution is 6.44. The normalized spacial score (nSPS) is 27.3. The van der Waals surface area contributed by atoms with Gasteiger partial charge in [0.1, 0.15) is 0 Å². The van der Waals surface area contributed by atoms with Gasteiger partial charge in [-0.2, -0.15) is 0 Å². The topological polar surface area (TPSA) is 12.4 Å². The fourth-order valence-corrected chi connectivity index (χ4v) is 3.25. The maximum Gasteiger partial charge on any atom is 0.0872 e. The average molecular weight is 254 g/mol. The maximum absolute atomic E-state index is 6.23. The highest BCUT2D eigenvalue weighted by Crippen LogP contribution is 2.50. The van der Waals surface area contributed by atoms with Crippen LogP contribution in [0.1, 0.15) is 38.2 Å². The standard InChI is InChI=1S/C13H13Cl2N/c1-13-7-3-2-4-10(13)16-12-8(13)5-6-9(14)11(12)15/h5-6H,2-4,7H2,1H3. The number of nitrogens with zero attached hydrogens (tertiary/aromatic N) is 1. The van der Waals surface area contributed by atoms with Gasteiger partial charge in [0, 0.05) is 11.1 Å². The van der Waals surface area contributed by atoms with Gasteiger partial charge in [-0.25, -0.2) is 0 Å². The Labute approximate surface area is 105 Å². The first-order valence-electron chi connectivity index (χ1n) is 5.69. The van der Waals surface area contributed by atoms with Crippen LogP contribution in [0.15, 0.2) is 17.1 Å². The third-order valence-corrected chi connectivity index (χ3v) is 4.68. The van der Waals surface area contributed by atoms with E-state index in [1.165, 1.54) is 30.5 Å². The van der Waals surface area contributed by atoms with E-state index in [4.69, 9.17) is 28.2 Å². The predicted octanol–water partition coefficient (Wildman–Crippen LogP) is 4.91. The Hall–Kier alpha value is -0.530. The van der Waals surface area contributed by atoms with Crippen molar-refractivity contribution in [2.24, 2.45) is 4.99 Å². The van der Waals surface area contributed by atoms with Crippen LogP contribution in [-0.2, 0) is 5.41 Å². The minimum absolute atomic E-state index is 0.113. The summed E-state index contributed by atoms with van der Waals surface area (Å²) in [5.74, 6) is 0. The molecule has 0 spiro atoms. The van der Waals surface area contributed by atoms with Crippen LogP contribution < -0.4 is 0 Å². The highest BCUT2D eigenvalue weighted by Gasteiger charge is 2.41. The summed E-state index contributed by atoms with van der Waals surface area (Å²) >= 11 is 12.3. The van der Waals surface area contributed by atoms with Crippen molar-refractivity contribution < 1.29 is 0 Å². The Morgan fingerprint density at radius 3 is 2.88 bits per heavy atom. The molecule has 1 aliphatic carbocycles. The molecule has 1 saturated carbocycles. The van der Waals surface area contributed by atoms with Crippen LogP contribution in [0.25, 0.3) is 0 Å². The van der Waals surface area contributed by atoms with Crippen LogP contribution in [0.2, 0.25) is 10.0 Å². The van der Waals surface area contributed by atoms with Gasteiger partial charge in [-0.3, -0.25) is 4.99 Å². The van der Waals surface area contributed by atoms with E-state index in [9.17, 15) is 0 Å². The number of fused-ring (bicyclic) bond motifs is 3. The summed E-state index contributed by atoms with van der Waals surface area (Å²) in [7, 11) is 0. The molecule has 0 saturated heterocycles. The molecule has 0 N–H and O–H groups in total. The van der Waals surface area contributed by atoms with Crippen LogP contribution in [0.4, 0.5) is 5.69 Å². The Balaban J connectivity index is 2.23. The van der Waals surface area contributed by atoms with Gasteiger partial charge in [0.2, 0.25) is 0 Å². The second kappa shape index (κ2) is 3.48. The highest BCUT2D eigenvalue weighted by atomic mass is 35.5. The molecular formula is C13H13Cl2N. The number of aliphatic imine (C=N–C) groups is 1. The van der Waals surface area contributed by atoms with E-state index in [0.29, 0.717) is 10.0 Å². The molecule has 1 aliphatic heterocycles. The Morgan fingerprint density at radius 1 is 1.25 bits per heavy atom. The zero-order chi connectivity index (χ0) is 11.3. The van der Waals surface area contributed by atoms with E-state index in [0.717, 1.165) is 12.1 Å². The molecule has 3 heteroatoms. The van der Waals surface area contributed by atoms with Gasteiger partial charge in [-0.05, 0) is 30.9 Å². The van der Waals surface area contributed by atoms with E-state index in [2.05, 4.69) is 13.0 Å². The number of benzene rings is 1. The SMILES string of the molecule is CC12CCCCC1=Nc1c2ccc(Cl)c1Cl. The van der Waals surface area contributed by atoms with Crippen molar-refractivity contribution in [1.82, 2.24) is 0 Å². The van der Waals surface area contributed by atoms with Crippen molar-refractivity contribution in [2.45, 2.75) is 38.0 Å². The summed E-state index contributed by atoms with van der Waals surface area (Å²) < 4.78 is 0. The molecule has 16 heavy (non-hydrogen) atoms. The van der Waals surface area contributed by atoms with Gasteiger partial charge in [-0.1, -0.05) is 42.6 Å². The van der Waals surface area contributed by atoms with Gasteiger partial charge in [0.05, 0.1) is 15.7 Å². The molecule has 0 radical (unpaired) electrons. The quantitative estimate of drug-likeness (QED) is 0.623. The molecule has 1 atom stereocenters. The van der Waals surface area contributed by atoms with Gasteiger partial charge < -0.3 is 0 Å². The molecule has 3 rings (SSSR count). The number of hydrogen-bond donors (Lipinski definition) is 0. The van der Waals surface area contributed by atoms with Crippen molar-refractivity contribution in [3.8, 4) is 0 Å². The zero-order valence-electron chi connectivity index (χ0n) is 9.19. The molecule has 84 valence electrons. The van der Waals surface area contributed by atoms with Crippen molar-refractivity contribution in [2.75, 3.05) is 0 Å². The van der Waals surface area contributed by atoms with Gasteiger partial charge in [0.15, 0.2) is 0 Å². The summed E-state index contributed by atoms with van der Waals surface area (Å²) in [6.07, 6.45) is 4.79. The molecule has 1 unspecified atom stereocenters. The number of rotatable bonds is 0. The fraction of sp³-hybridized carbons (Fsp3) is 0.462. The van der Waals surface area contributed by atoms with Crippen molar-refractivity contribution in [1.29, 1.82) is 0 Å². The largest absolute Gasteiger partial charge is 0.255 e. The lowest BCUT2D eigenvalue weighted by Gasteiger charge is -2.31. The molecule has 1 nitrogen and oxygen atoms in total. The third kappa shape index (κ3) is 1.28. The second-order valence-corrected chi connectivity index (χ2v) is 5.64. The fourth-order valence-electron chi connectivity index (χ4n) is 2.89. The number of halogens is 2. The van der Waals surface area contributed by atoms with Crippen LogP contribution in [0, 0.1) is 0 Å². The van der Waals surface area contributed by atoms with E-state index < -0.39 is 0 Å². The monoisotopic (exact) mass is 253 g/mol. The number of hydrogen-bond acceptors (Lipinski definition) is 1. The molecule has 1 aromatic rings. The lowest BCUT2D eigenvalue weighted by atomic mass is 9.71. The van der Waals surface area contributed by atoms with E-state index in [-0.39, 0.29) is 5.41 Å². The molecule has 0 aromatic heterocycles. The van der Waals surface area contributed by atoms with Crippen LogP contribution in [-0.4, -0.2) is 5.71 Å². The predicted molar refractivity (Wildman–Crippen MR) is 69.4 cm³/mol. The van der Waals surface area contributed by atoms with Crippen molar-refractivity contribution in [3.05, 3.63) is 27.7 Å². The molecule has 1 aromatic carbocycles. The molecule has 1 heterocycles. The lowest BCUT2D eigenvalue weighted by molar-refractivity contribution is 0.498. The molecule has 0 bridgehead atoms. The Bertz CT molecular complexity index is 493. The summed E-state index contributed by atoms with van der Waals surface area (Å²) in [6.45, 7) is 2.28. The van der Waals surface area contributed by atoms with Crippen molar-refractivity contribution in [3.63, 3.8) is 0 Å². The molecule has 0 amide bonds. The smallest absolute Gasteiger partial charge is 0.0872 e. The van der Waals surface area contributed by atoms with Crippen LogP contribution >= 0.6 is 23.2 Å². The maximum atomic E-state index is 6.23. The minimum Gasteiger partial charge on any atom is -0.255 e. The van der Waals surface area contributed by atoms with Crippen LogP contribution in [0.3, 0.4) is 0 Å². The molecule has 1 fully saturated rings. The third-order valence-electron chi connectivity index (χ3n) is 3.89. The average Bonchev–Trinajstić information content (AvgIpc) is 2.57. The van der Waals surface area contributed by atoms with E-state index in [1.807, 2.05) is 6.07 Å². The van der Waals surface area contributed by atoms with Gasteiger partial charge in [0.25, 0.3) is 0 Å². The first kappa shape index (κ1) is 10.6. The van der Waals surface area contributed by atoms with E-state index in [1.54, 1.807) is 0 Å². The lowest BCUT2D eigenvalue weighted by Crippen LogP contribution is -2.32. The van der Waals surface area contributed by atoms with Crippen LogP contribution in [0.5, 0.6) is 0 Å². The molecule has 2 aliphatic rings. The summed E-state index contributed by atoms with van der Waals surface area (Å²) in [6, 6.07) is 3.98. The summed E-state index contributed by atoms with van der Waals surface area (Å²) in [5.41, 5.74) is 3.57. The summed E-state index contributed by atoms with van der Waals surface area (Å²) in [4.78, 5) is 4.71. The van der Waals surface area contributed by atoms with Gasteiger partial charge >= 0.3 is 0 Å². The minimum atomic E-state index is 0.113. The second-order valence-electron chi connectivity index (χ2n) is 4.86. The van der Waals surface area contributed by atoms with Gasteiger partial charge in [-0.15, -0.1) is 0 Å². The van der Waals surface area contributed by atoms with E-state index >= 15 is 0 Å². The first-order valence-corrected chi connectivity index (χ1v) is 6.45. The van der Waals surface area contributed by atoms with Crippen molar-refractivity contribution >= 4 is 34.6 Å². The summed E-state index contributed by atoms with van der Waals surface area (Å²) in [5, 5.41) is 1.22. The molecular weight excluding hydrogens is 241 g/mol.